The molecule has 2 aliphatic rings. The average Bonchev–Trinajstić information content (AvgIpc) is 3.88. The fourth-order valence-electron chi connectivity index (χ4n) is 5.49. The number of benzene rings is 3. The third-order valence-corrected chi connectivity index (χ3v) is 8.48. The number of nitrogens with zero attached hydrogens (tertiary/aromatic N) is 2. The number of nitrogens with one attached hydrogen (secondary N) is 2. The van der Waals surface area contributed by atoms with Crippen LogP contribution in [0.25, 0.3) is 10.9 Å². The lowest BCUT2D eigenvalue weighted by Crippen LogP contribution is -2.38. The van der Waals surface area contributed by atoms with E-state index in [4.69, 9.17) is 14.2 Å². The van der Waals surface area contributed by atoms with E-state index in [-0.39, 0.29) is 17.4 Å². The van der Waals surface area contributed by atoms with Crippen LogP contribution in [0.4, 0.5) is 25.0 Å². The Kier molecular flexibility index (Phi) is 8.79. The summed E-state index contributed by atoms with van der Waals surface area (Å²) >= 11 is 0. The van der Waals surface area contributed by atoms with Gasteiger partial charge in [-0.3, -0.25) is 14.6 Å². The number of likely N-dealkylation sites (tertiary alicyclic amines) is 1. The molecule has 4 aromatic rings. The number of anilines is 2. The van der Waals surface area contributed by atoms with E-state index >= 15 is 4.39 Å². The zero-order valence-electron chi connectivity index (χ0n) is 25.4. The zero-order chi connectivity index (χ0) is 33.1. The predicted octanol–water partition coefficient (Wildman–Crippen LogP) is 6.44. The number of carboxylic acid groups (broad SMARTS) is 1. The van der Waals surface area contributed by atoms with Crippen LogP contribution in [-0.4, -0.2) is 59.7 Å². The molecule has 0 spiro atoms. The second-order valence-electron chi connectivity index (χ2n) is 11.6. The largest absolute Gasteiger partial charge is 0.493 e. The predicted molar refractivity (Wildman–Crippen MR) is 168 cm³/mol. The minimum absolute atomic E-state index is 0.0994. The quantitative estimate of drug-likeness (QED) is 0.167. The van der Waals surface area contributed by atoms with Gasteiger partial charge in [0.1, 0.15) is 17.0 Å². The maximum atomic E-state index is 15.3. The highest BCUT2D eigenvalue weighted by atomic mass is 19.1. The van der Waals surface area contributed by atoms with Gasteiger partial charge in [0.15, 0.2) is 23.1 Å². The topological polar surface area (TPSA) is 139 Å². The fraction of sp³-hybridized carbons (Fsp3) is 0.294. The number of carbonyl (C=O) groups excluding carboxylic acids is 2. The summed E-state index contributed by atoms with van der Waals surface area (Å²) in [6, 6.07) is 14.2. The van der Waals surface area contributed by atoms with Gasteiger partial charge in [-0.05, 0) is 80.1 Å². The van der Waals surface area contributed by atoms with Crippen LogP contribution in [-0.2, 0) is 9.59 Å². The van der Waals surface area contributed by atoms with E-state index in [0.29, 0.717) is 79.2 Å². The molecule has 3 aromatic carbocycles. The van der Waals surface area contributed by atoms with Crippen molar-refractivity contribution in [1.82, 2.24) is 9.88 Å². The lowest BCUT2D eigenvalue weighted by molar-refractivity contribution is -0.131. The molecule has 0 bridgehead atoms. The lowest BCUT2D eigenvalue weighted by atomic mass is 9.98. The van der Waals surface area contributed by atoms with Gasteiger partial charge in [0.2, 0.25) is 11.8 Å². The number of fused-ring (bicyclic) bond motifs is 1. The molecule has 0 atom stereocenters. The van der Waals surface area contributed by atoms with Gasteiger partial charge in [0.25, 0.3) is 0 Å². The van der Waals surface area contributed by atoms with Crippen LogP contribution in [0.15, 0.2) is 66.9 Å². The Labute approximate surface area is 268 Å². The van der Waals surface area contributed by atoms with Gasteiger partial charge < -0.3 is 34.9 Å². The summed E-state index contributed by atoms with van der Waals surface area (Å²) in [6.07, 6.45) is 2.65. The monoisotopic (exact) mass is 646 g/mol. The van der Waals surface area contributed by atoms with Crippen molar-refractivity contribution in [2.75, 3.05) is 37.4 Å². The first-order valence-corrected chi connectivity index (χ1v) is 15.1. The molecule has 1 aliphatic carbocycles. The van der Waals surface area contributed by atoms with Crippen molar-refractivity contribution in [3.63, 3.8) is 0 Å². The molecule has 1 aromatic heterocycles. The number of piperidine rings is 1. The molecular formula is C34H32F2N4O7. The van der Waals surface area contributed by atoms with E-state index in [2.05, 4.69) is 15.6 Å². The van der Waals surface area contributed by atoms with Crippen molar-refractivity contribution < 1.29 is 42.5 Å². The molecule has 13 heteroatoms. The minimum atomic E-state index is -1.30. The van der Waals surface area contributed by atoms with Gasteiger partial charge in [-0.25, -0.2) is 13.6 Å². The van der Waals surface area contributed by atoms with Crippen LogP contribution in [0.3, 0.4) is 0 Å². The van der Waals surface area contributed by atoms with Crippen molar-refractivity contribution in [1.29, 1.82) is 0 Å². The van der Waals surface area contributed by atoms with Gasteiger partial charge in [-0.2, -0.15) is 0 Å². The van der Waals surface area contributed by atoms with Gasteiger partial charge in [-0.15, -0.1) is 0 Å². The summed E-state index contributed by atoms with van der Waals surface area (Å²) in [7, 11) is 1.50. The van der Waals surface area contributed by atoms with Crippen molar-refractivity contribution in [2.45, 2.75) is 25.7 Å². The van der Waals surface area contributed by atoms with Crippen molar-refractivity contribution >= 4 is 40.2 Å². The maximum absolute atomic E-state index is 15.3. The second-order valence-corrected chi connectivity index (χ2v) is 11.6. The molecule has 1 saturated heterocycles. The van der Waals surface area contributed by atoms with E-state index in [1.165, 1.54) is 54.6 Å². The number of halogens is 2. The van der Waals surface area contributed by atoms with Crippen LogP contribution < -0.4 is 24.8 Å². The molecule has 3 amide bonds. The van der Waals surface area contributed by atoms with E-state index in [9.17, 15) is 23.9 Å². The van der Waals surface area contributed by atoms with Crippen LogP contribution in [0.1, 0.15) is 25.7 Å². The summed E-state index contributed by atoms with van der Waals surface area (Å²) in [6.45, 7) is 1.31. The summed E-state index contributed by atoms with van der Waals surface area (Å²) < 4.78 is 46.0. The highest BCUT2D eigenvalue weighted by Gasteiger charge is 2.56. The Hall–Kier alpha value is -5.46. The normalized spacial score (nSPS) is 15.5. The summed E-state index contributed by atoms with van der Waals surface area (Å²) in [5.74, 6) is -0.976. The molecule has 244 valence electrons. The minimum Gasteiger partial charge on any atom is -0.493 e. The van der Waals surface area contributed by atoms with Gasteiger partial charge in [0.05, 0.1) is 19.2 Å². The Balaban J connectivity index is 1.12. The molecule has 2 fully saturated rings. The SMILES string of the molecule is COc1cc2c(Oc3ccc(NC(=O)C4(C(=O)Nc5ccc(F)cc5)CC4)cc3F)ccnc2cc1OCC1CCN(C(=O)O)CC1. The smallest absolute Gasteiger partial charge is 0.407 e. The molecule has 3 N–H and O–H groups in total. The van der Waals surface area contributed by atoms with Gasteiger partial charge >= 0.3 is 6.09 Å². The molecular weight excluding hydrogens is 614 g/mol. The Bertz CT molecular complexity index is 1820. The van der Waals surface area contributed by atoms with Crippen LogP contribution in [0, 0.1) is 23.0 Å². The summed E-state index contributed by atoms with van der Waals surface area (Å²) in [5.41, 5.74) is -0.257. The third kappa shape index (κ3) is 6.88. The highest BCUT2D eigenvalue weighted by Crippen LogP contribution is 2.48. The highest BCUT2D eigenvalue weighted by molar-refractivity contribution is 6.16. The molecule has 1 saturated carbocycles. The maximum Gasteiger partial charge on any atom is 0.407 e. The Morgan fingerprint density at radius 3 is 2.21 bits per heavy atom. The number of hydrogen-bond acceptors (Lipinski definition) is 7. The van der Waals surface area contributed by atoms with Crippen LogP contribution >= 0.6 is 0 Å². The number of carbonyl (C=O) groups is 3. The Morgan fingerprint density at radius 1 is 0.894 bits per heavy atom. The third-order valence-electron chi connectivity index (χ3n) is 8.48. The van der Waals surface area contributed by atoms with Gasteiger partial charge in [0, 0.05) is 48.2 Å². The number of amides is 3. The summed E-state index contributed by atoms with van der Waals surface area (Å²) in [5, 5.41) is 15.0. The lowest BCUT2D eigenvalue weighted by Gasteiger charge is -2.29. The van der Waals surface area contributed by atoms with Crippen molar-refractivity contribution in [3.8, 4) is 23.0 Å². The van der Waals surface area contributed by atoms with E-state index in [0.717, 1.165) is 6.07 Å². The standard InChI is InChI=1S/C34H32F2N4O7/c1-45-29-17-24-26(18-30(29)46-19-20-9-14-40(15-10-20)33(43)44)37-13-8-27(24)47-28-7-6-23(16-25(28)36)39-32(42)34(11-12-34)31(41)38-22-4-2-21(35)3-5-22/h2-8,13,16-18,20H,9-12,14-15,19H2,1H3,(H,38,41)(H,39,42)(H,43,44). The van der Waals surface area contributed by atoms with Gasteiger partial charge in [-0.1, -0.05) is 0 Å². The van der Waals surface area contributed by atoms with Crippen molar-refractivity contribution in [3.05, 3.63) is 78.5 Å². The number of pyridine rings is 1. The van der Waals surface area contributed by atoms with E-state index < -0.39 is 35.0 Å². The number of methoxy groups -OCH3 is 1. The molecule has 1 aliphatic heterocycles. The van der Waals surface area contributed by atoms with E-state index in [1.54, 1.807) is 18.2 Å². The number of ether oxygens (including phenoxy) is 3. The number of hydrogen-bond donors (Lipinski definition) is 3. The molecule has 47 heavy (non-hydrogen) atoms. The number of aromatic nitrogens is 1. The first-order chi connectivity index (χ1) is 22.6. The summed E-state index contributed by atoms with van der Waals surface area (Å²) in [4.78, 5) is 42.9. The van der Waals surface area contributed by atoms with Crippen LogP contribution in [0.2, 0.25) is 0 Å². The average molecular weight is 647 g/mol. The molecule has 6 rings (SSSR count). The molecule has 11 nitrogen and oxygen atoms in total. The molecule has 2 heterocycles. The fourth-order valence-corrected chi connectivity index (χ4v) is 5.49. The molecule has 0 radical (unpaired) electrons. The first kappa shape index (κ1) is 31.5. The second kappa shape index (κ2) is 13.1. The first-order valence-electron chi connectivity index (χ1n) is 15.1. The van der Waals surface area contributed by atoms with Crippen LogP contribution in [0.5, 0.6) is 23.0 Å². The number of rotatable bonds is 10. The zero-order valence-corrected chi connectivity index (χ0v) is 25.4. The van der Waals surface area contributed by atoms with E-state index in [1.807, 2.05) is 0 Å². The Morgan fingerprint density at radius 2 is 1.57 bits per heavy atom. The molecule has 0 unspecified atom stereocenters. The van der Waals surface area contributed by atoms with Crippen molar-refractivity contribution in [2.24, 2.45) is 11.3 Å².